The number of aliphatic hydroxyl groups is 4. The van der Waals surface area contributed by atoms with Gasteiger partial charge in [0.25, 0.3) is 0 Å². The zero-order chi connectivity index (χ0) is 18.6. The Morgan fingerprint density at radius 1 is 0.640 bits per heavy atom. The molecule has 6 N–H and O–H groups in total. The molecule has 0 spiro atoms. The molecule has 0 saturated carbocycles. The van der Waals surface area contributed by atoms with Crippen LogP contribution in [0.2, 0.25) is 0 Å². The second kappa shape index (κ2) is 8.26. The topological polar surface area (TPSA) is 121 Å². The van der Waals surface area contributed by atoms with E-state index in [0.717, 1.165) is 0 Å². The first kappa shape index (κ1) is 19.1. The van der Waals surface area contributed by atoms with Crippen molar-refractivity contribution in [2.24, 2.45) is 0 Å². The van der Waals surface area contributed by atoms with Gasteiger partial charge in [-0.2, -0.15) is 0 Å². The highest BCUT2D eigenvalue weighted by Gasteiger charge is 2.26. The molecule has 0 aromatic heterocycles. The molecule has 0 fully saturated rings. The predicted molar refractivity (Wildman–Crippen MR) is 87.7 cm³/mol. The maximum absolute atomic E-state index is 14.0. The third-order valence-corrected chi connectivity index (χ3v) is 4.20. The van der Waals surface area contributed by atoms with Crippen molar-refractivity contribution in [2.45, 2.75) is 32.3 Å². The van der Waals surface area contributed by atoms with Gasteiger partial charge in [0.15, 0.2) is 0 Å². The summed E-state index contributed by atoms with van der Waals surface area (Å²) in [6.07, 6.45) is 0. The first-order valence-corrected chi connectivity index (χ1v) is 7.69. The Bertz CT molecular complexity index is 635. The molecular weight excluding hydrogens is 331 g/mol. The van der Waals surface area contributed by atoms with Crippen LogP contribution >= 0.6 is 0 Å². The molecule has 136 valence electrons. The summed E-state index contributed by atoms with van der Waals surface area (Å²) < 4.78 is 14.0. The molecule has 0 unspecified atom stereocenters. The minimum absolute atomic E-state index is 0.176. The van der Waals surface area contributed by atoms with E-state index in [1.54, 1.807) is 0 Å². The van der Waals surface area contributed by atoms with Gasteiger partial charge in [0.1, 0.15) is 18.2 Å². The van der Waals surface area contributed by atoms with Gasteiger partial charge in [0.05, 0.1) is 26.4 Å². The summed E-state index contributed by atoms with van der Waals surface area (Å²) >= 11 is 0. The van der Waals surface area contributed by atoms with Crippen LogP contribution in [-0.4, -0.2) is 37.3 Å². The van der Waals surface area contributed by atoms with Gasteiger partial charge in [0.2, 0.25) is 0 Å². The molecule has 0 aliphatic carbocycles. The van der Waals surface area contributed by atoms with Crippen molar-refractivity contribution < 1.29 is 35.0 Å². The lowest BCUT2D eigenvalue weighted by Gasteiger charge is -2.25. The Hall–Kier alpha value is -2.19. The minimum atomic E-state index is -1.00. The highest BCUT2D eigenvalue weighted by Crippen LogP contribution is 2.38. The first-order valence-electron chi connectivity index (χ1n) is 7.69. The van der Waals surface area contributed by atoms with Crippen LogP contribution in [0.15, 0.2) is 24.3 Å². The van der Waals surface area contributed by atoms with Crippen molar-refractivity contribution in [3.05, 3.63) is 57.6 Å². The number of hydrogen-bond acceptors (Lipinski definition) is 6. The lowest BCUT2D eigenvalue weighted by molar-refractivity contribution is 0.265. The van der Waals surface area contributed by atoms with E-state index < -0.39 is 39.0 Å². The zero-order valence-corrected chi connectivity index (χ0v) is 13.5. The van der Waals surface area contributed by atoms with Crippen molar-refractivity contribution >= 4 is 0 Å². The van der Waals surface area contributed by atoms with Crippen LogP contribution < -0.4 is 0 Å². The van der Waals surface area contributed by atoms with Gasteiger partial charge >= 0.3 is 0 Å². The van der Waals surface area contributed by atoms with Crippen LogP contribution in [0.1, 0.15) is 39.3 Å². The molecule has 0 heterocycles. The van der Waals surface area contributed by atoms with Crippen molar-refractivity contribution in [3.8, 4) is 11.5 Å². The summed E-state index contributed by atoms with van der Waals surface area (Å²) in [7, 11) is 0. The molecule has 2 aromatic rings. The third kappa shape index (κ3) is 3.74. The smallest absolute Gasteiger partial charge is 0.116 e. The van der Waals surface area contributed by atoms with E-state index in [9.17, 15) is 35.0 Å². The summed E-state index contributed by atoms with van der Waals surface area (Å²) in [5.74, 6) is -1.36. The van der Waals surface area contributed by atoms with E-state index in [2.05, 4.69) is 0 Å². The van der Waals surface area contributed by atoms with Crippen LogP contribution in [0.5, 0.6) is 11.5 Å². The minimum Gasteiger partial charge on any atom is -0.508 e. The number of alkyl halides is 1. The second-order valence-corrected chi connectivity index (χ2v) is 5.69. The average molecular weight is 352 g/mol. The summed E-state index contributed by atoms with van der Waals surface area (Å²) in [4.78, 5) is 0. The van der Waals surface area contributed by atoms with Crippen LogP contribution in [0.4, 0.5) is 4.39 Å². The summed E-state index contributed by atoms with van der Waals surface area (Å²) in [5, 5.41) is 57.8. The SMILES string of the molecule is OCc1cc(O)cc(CO)c1C(CF)c1c(CO)cc(O)cc1CO. The molecule has 0 amide bonds. The summed E-state index contributed by atoms with van der Waals surface area (Å²) in [6.45, 7) is -2.90. The van der Waals surface area contributed by atoms with E-state index in [4.69, 9.17) is 0 Å². The molecule has 0 saturated heterocycles. The number of benzene rings is 2. The van der Waals surface area contributed by atoms with E-state index in [0.29, 0.717) is 0 Å². The van der Waals surface area contributed by atoms with Gasteiger partial charge in [-0.05, 0) is 57.6 Å². The lowest BCUT2D eigenvalue weighted by atomic mass is 9.81. The van der Waals surface area contributed by atoms with E-state index >= 15 is 0 Å². The fraction of sp³-hybridized carbons (Fsp3) is 0.333. The molecule has 7 heteroatoms. The van der Waals surface area contributed by atoms with Crippen molar-refractivity contribution in [2.75, 3.05) is 6.67 Å². The Balaban J connectivity index is 2.78. The number of hydrogen-bond donors (Lipinski definition) is 6. The Morgan fingerprint density at radius 3 is 1.12 bits per heavy atom. The number of halogens is 1. The molecule has 25 heavy (non-hydrogen) atoms. The molecule has 2 aromatic carbocycles. The van der Waals surface area contributed by atoms with Crippen molar-refractivity contribution in [3.63, 3.8) is 0 Å². The van der Waals surface area contributed by atoms with E-state index in [1.165, 1.54) is 24.3 Å². The molecule has 0 atom stereocenters. The van der Waals surface area contributed by atoms with Gasteiger partial charge in [-0.3, -0.25) is 4.39 Å². The summed E-state index contributed by atoms with van der Waals surface area (Å²) in [6, 6.07) is 5.09. The maximum atomic E-state index is 14.0. The molecule has 0 aliphatic rings. The second-order valence-electron chi connectivity index (χ2n) is 5.69. The van der Waals surface area contributed by atoms with Crippen LogP contribution in [0.25, 0.3) is 0 Å². The fourth-order valence-corrected chi connectivity index (χ4v) is 3.24. The molecule has 0 bridgehead atoms. The largest absolute Gasteiger partial charge is 0.508 e. The predicted octanol–water partition coefficient (Wildman–Crippen LogP) is 1.17. The Labute approximate surface area is 144 Å². The number of aliphatic hydroxyl groups excluding tert-OH is 4. The van der Waals surface area contributed by atoms with E-state index in [-0.39, 0.29) is 44.9 Å². The molecule has 0 aliphatic heterocycles. The molecule has 6 nitrogen and oxygen atoms in total. The first-order chi connectivity index (χ1) is 12.0. The molecule has 0 radical (unpaired) electrons. The van der Waals surface area contributed by atoms with Crippen LogP contribution in [0, 0.1) is 0 Å². The highest BCUT2D eigenvalue weighted by atomic mass is 19.1. The fourth-order valence-electron chi connectivity index (χ4n) is 3.24. The number of aromatic hydroxyl groups is 2. The molecular formula is C18H21FO6. The van der Waals surface area contributed by atoms with Gasteiger partial charge < -0.3 is 30.6 Å². The van der Waals surface area contributed by atoms with Crippen molar-refractivity contribution in [1.82, 2.24) is 0 Å². The molecule has 2 rings (SSSR count). The standard InChI is InChI=1S/C18H21FO6/c19-5-16(17-10(6-20)1-14(24)2-11(17)7-21)18-12(8-22)3-15(25)4-13(18)9-23/h1-4,16,20-25H,5-9H2. The van der Waals surface area contributed by atoms with E-state index in [1.807, 2.05) is 0 Å². The quantitative estimate of drug-likeness (QED) is 0.445. The Morgan fingerprint density at radius 2 is 0.920 bits per heavy atom. The Kier molecular flexibility index (Phi) is 6.33. The maximum Gasteiger partial charge on any atom is 0.116 e. The van der Waals surface area contributed by atoms with Gasteiger partial charge in [-0.15, -0.1) is 0 Å². The zero-order valence-electron chi connectivity index (χ0n) is 13.5. The number of rotatable bonds is 7. The van der Waals surface area contributed by atoms with Crippen molar-refractivity contribution in [1.29, 1.82) is 0 Å². The number of phenols is 2. The van der Waals surface area contributed by atoms with Gasteiger partial charge in [-0.25, -0.2) is 0 Å². The van der Waals surface area contributed by atoms with Crippen LogP contribution in [0.3, 0.4) is 0 Å². The van der Waals surface area contributed by atoms with Crippen LogP contribution in [-0.2, 0) is 26.4 Å². The van der Waals surface area contributed by atoms with Gasteiger partial charge in [-0.1, -0.05) is 0 Å². The number of phenolic OH excluding ortho intramolecular Hbond substituents is 2. The monoisotopic (exact) mass is 352 g/mol. The average Bonchev–Trinajstić information content (AvgIpc) is 2.62. The third-order valence-electron chi connectivity index (χ3n) is 4.20. The van der Waals surface area contributed by atoms with Gasteiger partial charge in [0, 0.05) is 5.92 Å². The summed E-state index contributed by atoms with van der Waals surface area (Å²) in [5.41, 5.74) is 1.47. The highest BCUT2D eigenvalue weighted by molar-refractivity contribution is 5.52. The lowest BCUT2D eigenvalue weighted by Crippen LogP contribution is -2.15. The normalized spacial score (nSPS) is 11.3.